The van der Waals surface area contributed by atoms with Gasteiger partial charge in [0.1, 0.15) is 41.7 Å². The van der Waals surface area contributed by atoms with Crippen LogP contribution >= 0.6 is 0 Å². The van der Waals surface area contributed by atoms with Gasteiger partial charge in [0.25, 0.3) is 5.91 Å². The fourth-order valence-electron chi connectivity index (χ4n) is 10.6. The maximum atomic E-state index is 14.7. The summed E-state index contributed by atoms with van der Waals surface area (Å²) >= 11 is 0. The van der Waals surface area contributed by atoms with Crippen molar-refractivity contribution in [3.8, 4) is 17.2 Å². The van der Waals surface area contributed by atoms with Crippen LogP contribution in [-0.2, 0) is 22.6 Å². The Hall–Kier alpha value is -5.32. The first-order valence-electron chi connectivity index (χ1n) is 22.5. The molecule has 0 spiro atoms. The highest BCUT2D eigenvalue weighted by Gasteiger charge is 2.56. The van der Waals surface area contributed by atoms with Crippen molar-refractivity contribution in [3.05, 3.63) is 106 Å². The predicted octanol–water partition coefficient (Wildman–Crippen LogP) is 5.90. The zero-order chi connectivity index (χ0) is 44.3. The molecule has 4 heterocycles. The Morgan fingerprint density at radius 1 is 1.02 bits per heavy atom. The monoisotopic (exact) mass is 873 g/mol. The molecule has 0 radical (unpaired) electrons. The number of aliphatic hydroxyl groups excluding tert-OH is 3. The Morgan fingerprint density at radius 3 is 2.56 bits per heavy atom. The van der Waals surface area contributed by atoms with Crippen molar-refractivity contribution in [2.75, 3.05) is 26.9 Å². The molecule has 3 aliphatic heterocycles. The number of carbonyl (C=O) groups excluding carboxylic acids is 2. The molecule has 2 saturated carbocycles. The summed E-state index contributed by atoms with van der Waals surface area (Å²) in [7, 11) is 1.49. The lowest BCUT2D eigenvalue weighted by molar-refractivity contribution is -0.329. The van der Waals surface area contributed by atoms with Gasteiger partial charge >= 0.3 is 0 Å². The maximum Gasteiger partial charge on any atom is 0.254 e. The van der Waals surface area contributed by atoms with Gasteiger partial charge in [0.05, 0.1) is 43.4 Å². The number of aliphatic hydroxyl groups is 4. The van der Waals surface area contributed by atoms with Gasteiger partial charge in [-0.3, -0.25) is 9.59 Å². The molecule has 2 bridgehead atoms. The van der Waals surface area contributed by atoms with E-state index in [1.54, 1.807) is 30.4 Å². The van der Waals surface area contributed by atoms with Gasteiger partial charge in [0.15, 0.2) is 11.4 Å². The van der Waals surface area contributed by atoms with Crippen LogP contribution in [0.1, 0.15) is 112 Å². The highest BCUT2D eigenvalue weighted by Crippen LogP contribution is 2.50. The quantitative estimate of drug-likeness (QED) is 0.0821. The number of hydrogen-bond acceptors (Lipinski definition) is 12. The van der Waals surface area contributed by atoms with Crippen molar-refractivity contribution < 1.29 is 54.1 Å². The molecule has 14 nitrogen and oxygen atoms in total. The van der Waals surface area contributed by atoms with E-state index in [9.17, 15) is 35.1 Å². The lowest BCUT2D eigenvalue weighted by Gasteiger charge is -2.47. The molecule has 5 aliphatic rings. The van der Waals surface area contributed by atoms with Crippen LogP contribution in [0.3, 0.4) is 0 Å². The Bertz CT molecular complexity index is 2630. The van der Waals surface area contributed by atoms with E-state index >= 15 is 0 Å². The smallest absolute Gasteiger partial charge is 0.254 e. The number of amides is 1. The molecule has 1 aromatic heterocycles. The van der Waals surface area contributed by atoms with Crippen molar-refractivity contribution in [1.82, 2.24) is 15.2 Å². The van der Waals surface area contributed by atoms with Gasteiger partial charge in [-0.25, -0.2) is 0 Å². The van der Waals surface area contributed by atoms with Gasteiger partial charge < -0.3 is 59.7 Å². The molecular formula is C50H55N3O11. The van der Waals surface area contributed by atoms with Crippen LogP contribution in [0.4, 0.5) is 0 Å². The highest BCUT2D eigenvalue weighted by atomic mass is 16.7. The van der Waals surface area contributed by atoms with Gasteiger partial charge in [-0.15, -0.1) is 0 Å². The van der Waals surface area contributed by atoms with Gasteiger partial charge in [-0.05, 0) is 90.1 Å². The number of ether oxygens (including phenoxy) is 4. The minimum Gasteiger partial charge on any atom is -0.506 e. The molecule has 14 heteroatoms. The fraction of sp³-hybridized carbons (Fsp3) is 0.440. The van der Waals surface area contributed by atoms with E-state index < -0.39 is 48.7 Å². The number of fused-ring (bicyclic) bond motifs is 7. The Kier molecular flexibility index (Phi) is 11.5. The Balaban J connectivity index is 1.12. The first-order chi connectivity index (χ1) is 31.1. The number of aromatic nitrogens is 1. The third kappa shape index (κ3) is 7.44. The topological polar surface area (TPSA) is 203 Å². The minimum absolute atomic E-state index is 0.0450. The van der Waals surface area contributed by atoms with E-state index in [1.165, 1.54) is 24.9 Å². The van der Waals surface area contributed by atoms with Gasteiger partial charge in [0.2, 0.25) is 6.29 Å². The van der Waals surface area contributed by atoms with Crippen LogP contribution in [0.2, 0.25) is 0 Å². The zero-order valence-electron chi connectivity index (χ0n) is 35.8. The van der Waals surface area contributed by atoms with Crippen LogP contribution in [0.15, 0.2) is 66.9 Å². The SMILES string of the molecule is COc1cc2cc(C3CCCC3)c(C(=O)CN3Cc4ccccc4C3=O)c(O)c2c2c1/C=C/[C@H](c1c[nH]c3ccc(CNC4CCCC4)cc13)OC[C@H]1O[C@H](O2)[C@@](O)(CO)[C@@H](O)[C@@H]1O. The van der Waals surface area contributed by atoms with Crippen molar-refractivity contribution >= 4 is 39.4 Å². The van der Waals surface area contributed by atoms with Crippen molar-refractivity contribution in [3.63, 3.8) is 0 Å². The van der Waals surface area contributed by atoms with Crippen LogP contribution in [0.25, 0.3) is 27.8 Å². The number of aromatic hydroxyl groups is 1. The van der Waals surface area contributed by atoms with Gasteiger partial charge in [-0.1, -0.05) is 56.0 Å². The van der Waals surface area contributed by atoms with E-state index in [2.05, 4.69) is 22.4 Å². The lowest BCUT2D eigenvalue weighted by atomic mass is 9.86. The first-order valence-corrected chi connectivity index (χ1v) is 22.5. The second-order valence-electron chi connectivity index (χ2n) is 18.1. The molecule has 6 atom stereocenters. The number of hydrogen-bond donors (Lipinski definition) is 7. The summed E-state index contributed by atoms with van der Waals surface area (Å²) in [5.74, 6) is -0.915. The average molecular weight is 874 g/mol. The molecule has 5 aromatic rings. The van der Waals surface area contributed by atoms with E-state index in [1.807, 2.05) is 30.5 Å². The number of Topliss-reactive ketones (excluding diaryl/α,β-unsaturated/α-hetero) is 1. The summed E-state index contributed by atoms with van der Waals surface area (Å²) in [6, 6.07) is 17.6. The lowest BCUT2D eigenvalue weighted by Crippen LogP contribution is -2.69. The van der Waals surface area contributed by atoms with E-state index in [0.717, 1.165) is 66.1 Å². The highest BCUT2D eigenvalue weighted by molar-refractivity contribution is 6.11. The molecule has 0 unspecified atom stereocenters. The molecule has 3 fully saturated rings. The van der Waals surface area contributed by atoms with Crippen LogP contribution in [0.5, 0.6) is 17.2 Å². The summed E-state index contributed by atoms with van der Waals surface area (Å²) in [5, 5.41) is 63.1. The third-order valence-electron chi connectivity index (χ3n) is 14.2. The largest absolute Gasteiger partial charge is 0.506 e. The molecule has 10 rings (SSSR count). The Morgan fingerprint density at radius 2 is 1.80 bits per heavy atom. The first kappa shape index (κ1) is 42.6. The predicted molar refractivity (Wildman–Crippen MR) is 237 cm³/mol. The number of phenols is 1. The number of phenolic OH excluding ortho intramolecular Hbond substituents is 1. The zero-order valence-corrected chi connectivity index (χ0v) is 35.8. The minimum atomic E-state index is -2.55. The van der Waals surface area contributed by atoms with Crippen LogP contribution in [-0.4, -0.2) is 110 Å². The standard InChI is InChI=1S/C50H55N3O11/c1-61-40-20-30-19-34(28-8-2-3-9-28)43(38(55)24-53-23-29-10-4-7-13-32(29)48(53)59)45(57)42(30)46-33(40)15-17-39(62-25-41-44(56)47(58)50(60,26-54)49(63-41)64-46)36-22-52-37-16-14-27(18-35(36)37)21-51-31-11-5-6-12-31/h4,7,10,13-20,22,28,31,39,41,44,47,49,51-52,54,56-58,60H,2-3,5-6,8-9,11-12,21,23-26H2,1H3/b17-15+/t39-,41-,44-,47+,49-,50-/m1/s1. The molecule has 4 aromatic carbocycles. The number of methoxy groups -OCH3 is 1. The number of H-pyrrole nitrogens is 1. The second kappa shape index (κ2) is 17.2. The summed E-state index contributed by atoms with van der Waals surface area (Å²) in [6.07, 6.45) is 6.15. The molecule has 336 valence electrons. The number of benzene rings is 4. The van der Waals surface area contributed by atoms with Crippen LogP contribution in [0, 0.1) is 0 Å². The number of aromatic amines is 1. The van der Waals surface area contributed by atoms with Gasteiger partial charge in [0, 0.05) is 47.4 Å². The van der Waals surface area contributed by atoms with E-state index in [-0.39, 0.29) is 59.5 Å². The van der Waals surface area contributed by atoms with E-state index in [4.69, 9.17) is 18.9 Å². The average Bonchev–Trinajstić information content (AvgIpc) is 4.15. The maximum absolute atomic E-state index is 14.7. The number of carbonyl (C=O) groups is 2. The summed E-state index contributed by atoms with van der Waals surface area (Å²) in [4.78, 5) is 33.0. The number of nitrogens with zero attached hydrogens (tertiary/aromatic N) is 1. The molecule has 64 heavy (non-hydrogen) atoms. The van der Waals surface area contributed by atoms with Gasteiger partial charge in [-0.2, -0.15) is 0 Å². The molecular weight excluding hydrogens is 819 g/mol. The van der Waals surface area contributed by atoms with Crippen LogP contribution < -0.4 is 14.8 Å². The van der Waals surface area contributed by atoms with Crippen molar-refractivity contribution in [1.29, 1.82) is 0 Å². The Labute approximate surface area is 370 Å². The number of ketones is 1. The summed E-state index contributed by atoms with van der Waals surface area (Å²) < 4.78 is 25.4. The number of nitrogens with one attached hydrogen (secondary N) is 2. The molecule has 2 aliphatic carbocycles. The number of rotatable bonds is 10. The van der Waals surface area contributed by atoms with Crippen molar-refractivity contribution in [2.45, 2.75) is 113 Å². The summed E-state index contributed by atoms with van der Waals surface area (Å²) in [5.41, 5.74) is 2.55. The molecule has 7 N–H and O–H groups in total. The molecule has 1 amide bonds. The summed E-state index contributed by atoms with van der Waals surface area (Å²) in [6.45, 7) is -0.655. The van der Waals surface area contributed by atoms with E-state index in [0.29, 0.717) is 34.8 Å². The molecule has 1 saturated heterocycles. The third-order valence-corrected chi connectivity index (χ3v) is 14.2. The fourth-order valence-corrected chi connectivity index (χ4v) is 10.6. The second-order valence-corrected chi connectivity index (χ2v) is 18.1. The normalized spacial score (nSPS) is 26.8. The van der Waals surface area contributed by atoms with Crippen molar-refractivity contribution in [2.24, 2.45) is 0 Å².